The summed E-state index contributed by atoms with van der Waals surface area (Å²) in [5.41, 5.74) is 3.01. The summed E-state index contributed by atoms with van der Waals surface area (Å²) in [6.07, 6.45) is 3.55. The standard InChI is InChI=1S/C25H27N7O5/c1-14-10-15(2-5-27-14)24-29-18(13-36-24)23(34)28-17-11-19-21(30-22(17)32-7-3-16(33)4-8-32)31-25(37-19)20-12-26-6-9-35-20/h2,5,10-11,13,16,20,26,33H,3-4,6-9,12H2,1H3,(H,28,34). The molecule has 6 heterocycles. The number of carbonyl (C=O) groups excluding carboxylic acids is 1. The lowest BCUT2D eigenvalue weighted by molar-refractivity contribution is 0.0118. The van der Waals surface area contributed by atoms with E-state index < -0.39 is 5.91 Å². The Kier molecular flexibility index (Phi) is 6.28. The molecule has 2 fully saturated rings. The first-order valence-electron chi connectivity index (χ1n) is 12.3. The molecule has 4 aromatic heterocycles. The van der Waals surface area contributed by atoms with E-state index >= 15 is 0 Å². The van der Waals surface area contributed by atoms with Gasteiger partial charge in [-0.2, -0.15) is 4.98 Å². The molecule has 0 bridgehead atoms. The fraction of sp³-hybridized carbons (Fsp3) is 0.400. The van der Waals surface area contributed by atoms with Gasteiger partial charge in [-0.05, 0) is 31.9 Å². The SMILES string of the molecule is Cc1cc(-c2nc(C(=O)Nc3cc4oc(C5CNCCO5)nc4nc3N3CCC(O)CC3)co2)ccn1. The van der Waals surface area contributed by atoms with Crippen LogP contribution >= 0.6 is 0 Å². The minimum absolute atomic E-state index is 0.129. The maximum atomic E-state index is 13.2. The molecule has 2 aliphatic rings. The second-order valence-corrected chi connectivity index (χ2v) is 9.19. The Hall–Kier alpha value is -3.87. The monoisotopic (exact) mass is 505 g/mol. The number of hydrogen-bond donors (Lipinski definition) is 3. The van der Waals surface area contributed by atoms with Crippen LogP contribution in [-0.4, -0.2) is 69.8 Å². The number of aliphatic hydroxyl groups is 1. The Morgan fingerprint density at radius 1 is 1.22 bits per heavy atom. The predicted octanol–water partition coefficient (Wildman–Crippen LogP) is 2.46. The quantitative estimate of drug-likeness (QED) is 0.367. The molecule has 0 spiro atoms. The number of nitrogens with zero attached hydrogens (tertiary/aromatic N) is 5. The van der Waals surface area contributed by atoms with Crippen LogP contribution in [0.3, 0.4) is 0 Å². The van der Waals surface area contributed by atoms with Gasteiger partial charge in [0.05, 0.1) is 18.4 Å². The van der Waals surface area contributed by atoms with Crippen molar-refractivity contribution in [1.29, 1.82) is 0 Å². The van der Waals surface area contributed by atoms with Crippen molar-refractivity contribution in [3.05, 3.63) is 47.9 Å². The van der Waals surface area contributed by atoms with Gasteiger partial charge in [0, 0.05) is 49.7 Å². The van der Waals surface area contributed by atoms with Crippen LogP contribution < -0.4 is 15.5 Å². The van der Waals surface area contributed by atoms with E-state index in [0.29, 0.717) is 73.6 Å². The summed E-state index contributed by atoms with van der Waals surface area (Å²) in [6.45, 7) is 5.00. The van der Waals surface area contributed by atoms with E-state index in [1.165, 1.54) is 6.26 Å². The first-order chi connectivity index (χ1) is 18.0. The van der Waals surface area contributed by atoms with Crippen molar-refractivity contribution in [2.75, 3.05) is 43.0 Å². The highest BCUT2D eigenvalue weighted by molar-refractivity contribution is 6.05. The summed E-state index contributed by atoms with van der Waals surface area (Å²) in [7, 11) is 0. The molecule has 192 valence electrons. The Morgan fingerprint density at radius 3 is 2.86 bits per heavy atom. The van der Waals surface area contributed by atoms with Crippen molar-refractivity contribution in [2.45, 2.75) is 32.0 Å². The van der Waals surface area contributed by atoms with Crippen molar-refractivity contribution >= 4 is 28.6 Å². The molecule has 4 aromatic rings. The third-order valence-electron chi connectivity index (χ3n) is 6.47. The van der Waals surface area contributed by atoms with Crippen molar-refractivity contribution in [3.63, 3.8) is 0 Å². The van der Waals surface area contributed by atoms with Crippen molar-refractivity contribution in [3.8, 4) is 11.5 Å². The Labute approximate surface area is 212 Å². The minimum atomic E-state index is -0.445. The predicted molar refractivity (Wildman–Crippen MR) is 133 cm³/mol. The van der Waals surface area contributed by atoms with Crippen LogP contribution in [-0.2, 0) is 4.74 Å². The largest absolute Gasteiger partial charge is 0.444 e. The molecule has 0 saturated carbocycles. The molecule has 3 N–H and O–H groups in total. The highest BCUT2D eigenvalue weighted by atomic mass is 16.5. The number of fused-ring (bicyclic) bond motifs is 1. The van der Waals surface area contributed by atoms with Crippen LogP contribution in [0.2, 0.25) is 0 Å². The molecule has 2 saturated heterocycles. The van der Waals surface area contributed by atoms with Gasteiger partial charge in [0.1, 0.15) is 12.4 Å². The minimum Gasteiger partial charge on any atom is -0.444 e. The number of morpholine rings is 1. The van der Waals surface area contributed by atoms with Crippen molar-refractivity contribution in [1.82, 2.24) is 25.3 Å². The number of pyridine rings is 2. The Balaban J connectivity index is 1.31. The number of amides is 1. The summed E-state index contributed by atoms with van der Waals surface area (Å²) in [5, 5.41) is 16.2. The first-order valence-corrected chi connectivity index (χ1v) is 12.3. The average Bonchev–Trinajstić information content (AvgIpc) is 3.57. The number of aromatic nitrogens is 4. The highest BCUT2D eigenvalue weighted by Crippen LogP contribution is 2.32. The van der Waals surface area contributed by atoms with Gasteiger partial charge >= 0.3 is 0 Å². The number of hydrogen-bond acceptors (Lipinski definition) is 11. The molecule has 0 aromatic carbocycles. The van der Waals surface area contributed by atoms with Gasteiger partial charge in [-0.25, -0.2) is 9.97 Å². The molecular formula is C25H27N7O5. The molecule has 1 atom stereocenters. The molecule has 12 nitrogen and oxygen atoms in total. The molecule has 1 unspecified atom stereocenters. The average molecular weight is 506 g/mol. The van der Waals surface area contributed by atoms with Gasteiger partial charge < -0.3 is 34.2 Å². The van der Waals surface area contributed by atoms with Crippen molar-refractivity contribution in [2.24, 2.45) is 0 Å². The first kappa shape index (κ1) is 23.5. The zero-order valence-electron chi connectivity index (χ0n) is 20.3. The number of nitrogens with one attached hydrogen (secondary N) is 2. The Morgan fingerprint density at radius 2 is 2.08 bits per heavy atom. The summed E-state index contributed by atoms with van der Waals surface area (Å²) in [4.78, 5) is 33.1. The lowest BCUT2D eigenvalue weighted by Gasteiger charge is -2.31. The van der Waals surface area contributed by atoms with E-state index in [-0.39, 0.29) is 17.9 Å². The number of aliphatic hydroxyl groups excluding tert-OH is 1. The lowest BCUT2D eigenvalue weighted by Crippen LogP contribution is -2.37. The van der Waals surface area contributed by atoms with Crippen LogP contribution in [0.1, 0.15) is 41.0 Å². The molecule has 0 radical (unpaired) electrons. The third kappa shape index (κ3) is 4.90. The summed E-state index contributed by atoms with van der Waals surface area (Å²) in [5.74, 6) is 0.881. The van der Waals surface area contributed by atoms with Gasteiger partial charge in [0.25, 0.3) is 5.91 Å². The number of oxazole rings is 2. The van der Waals surface area contributed by atoms with E-state index in [4.69, 9.17) is 18.6 Å². The number of carbonyl (C=O) groups is 1. The topological polar surface area (TPSA) is 152 Å². The number of ether oxygens (including phenoxy) is 1. The smallest absolute Gasteiger partial charge is 0.277 e. The maximum absolute atomic E-state index is 13.2. The zero-order valence-corrected chi connectivity index (χ0v) is 20.3. The van der Waals surface area contributed by atoms with E-state index in [9.17, 15) is 9.90 Å². The lowest BCUT2D eigenvalue weighted by atomic mass is 10.1. The van der Waals surface area contributed by atoms with Crippen LogP contribution in [0.15, 0.2) is 39.5 Å². The second-order valence-electron chi connectivity index (χ2n) is 9.19. The van der Waals surface area contributed by atoms with E-state index in [0.717, 1.165) is 17.8 Å². The molecule has 1 amide bonds. The fourth-order valence-electron chi connectivity index (χ4n) is 4.52. The summed E-state index contributed by atoms with van der Waals surface area (Å²) in [6, 6.07) is 5.33. The van der Waals surface area contributed by atoms with Crippen LogP contribution in [0, 0.1) is 6.92 Å². The maximum Gasteiger partial charge on any atom is 0.277 e. The van der Waals surface area contributed by atoms with Gasteiger partial charge in [-0.3, -0.25) is 9.78 Å². The van der Waals surface area contributed by atoms with Crippen LogP contribution in [0.25, 0.3) is 22.7 Å². The summed E-state index contributed by atoms with van der Waals surface area (Å²) >= 11 is 0. The molecule has 0 aliphatic carbocycles. The normalized spacial score (nSPS) is 18.9. The van der Waals surface area contributed by atoms with E-state index in [1.807, 2.05) is 17.9 Å². The molecular weight excluding hydrogens is 478 g/mol. The van der Waals surface area contributed by atoms with E-state index in [2.05, 4.69) is 25.6 Å². The molecule has 37 heavy (non-hydrogen) atoms. The van der Waals surface area contributed by atoms with Gasteiger partial charge in [0.15, 0.2) is 17.1 Å². The number of piperidine rings is 1. The number of anilines is 2. The van der Waals surface area contributed by atoms with E-state index in [1.54, 1.807) is 18.3 Å². The van der Waals surface area contributed by atoms with Crippen LogP contribution in [0.4, 0.5) is 11.5 Å². The summed E-state index contributed by atoms with van der Waals surface area (Å²) < 4.78 is 17.3. The van der Waals surface area contributed by atoms with Crippen molar-refractivity contribution < 1.29 is 23.5 Å². The zero-order chi connectivity index (χ0) is 25.4. The number of rotatable bonds is 5. The molecule has 2 aliphatic heterocycles. The Bertz CT molecular complexity index is 1420. The third-order valence-corrected chi connectivity index (χ3v) is 6.47. The molecule has 12 heteroatoms. The molecule has 6 rings (SSSR count). The van der Waals surface area contributed by atoms with Gasteiger partial charge in [-0.1, -0.05) is 0 Å². The fourth-order valence-corrected chi connectivity index (χ4v) is 4.52. The van der Waals surface area contributed by atoms with Crippen LogP contribution in [0.5, 0.6) is 0 Å². The van der Waals surface area contributed by atoms with Gasteiger partial charge in [0.2, 0.25) is 17.4 Å². The van der Waals surface area contributed by atoms with Gasteiger partial charge in [-0.15, -0.1) is 0 Å². The number of aryl methyl sites for hydroxylation is 1. The second kappa shape index (κ2) is 9.88. The highest BCUT2D eigenvalue weighted by Gasteiger charge is 2.27.